The summed E-state index contributed by atoms with van der Waals surface area (Å²) in [6, 6.07) is 0. The van der Waals surface area contributed by atoms with Gasteiger partial charge in [-0.15, -0.1) is 0 Å². The van der Waals surface area contributed by atoms with Gasteiger partial charge in [0, 0.05) is 18.7 Å². The zero-order valence-corrected chi connectivity index (χ0v) is 9.42. The summed E-state index contributed by atoms with van der Waals surface area (Å²) in [6.07, 6.45) is 1.03. The van der Waals surface area contributed by atoms with Crippen molar-refractivity contribution in [2.75, 3.05) is 11.9 Å². The number of aromatic nitrogens is 2. The van der Waals surface area contributed by atoms with Crippen molar-refractivity contribution in [2.24, 2.45) is 0 Å². The highest BCUT2D eigenvalue weighted by molar-refractivity contribution is 5.78. The maximum atomic E-state index is 8.19. The van der Waals surface area contributed by atoms with Gasteiger partial charge >= 0.3 is 0 Å². The minimum atomic E-state index is 0.501. The molecule has 3 heterocycles. The number of furan rings is 1. The second-order valence-corrected chi connectivity index (χ2v) is 4.18. The molecule has 0 fully saturated rings. The predicted octanol–water partition coefficient (Wildman–Crippen LogP) is 1.54. The Hall–Kier alpha value is -1.78. The first-order valence-corrected chi connectivity index (χ1v) is 5.47. The fourth-order valence-electron chi connectivity index (χ4n) is 2.15. The van der Waals surface area contributed by atoms with Crippen LogP contribution in [0.15, 0.2) is 4.42 Å². The summed E-state index contributed by atoms with van der Waals surface area (Å²) in [5, 5.41) is 12.2. The molecule has 16 heavy (non-hydrogen) atoms. The van der Waals surface area contributed by atoms with E-state index in [-0.39, 0.29) is 0 Å². The highest BCUT2D eigenvalue weighted by Crippen LogP contribution is 2.22. The van der Waals surface area contributed by atoms with E-state index in [1.54, 1.807) is 0 Å². The number of nitrogens with one attached hydrogen (secondary N) is 2. The van der Waals surface area contributed by atoms with Crippen LogP contribution in [-0.2, 0) is 6.54 Å². The van der Waals surface area contributed by atoms with Crippen LogP contribution in [0.5, 0.6) is 0 Å². The molecule has 0 radical (unpaired) electrons. The molecule has 0 unspecified atom stereocenters. The normalized spacial score (nSPS) is 14.9. The van der Waals surface area contributed by atoms with E-state index >= 15 is 0 Å². The Balaban J connectivity index is 2.44. The SMILES string of the molecule is Cc1oc2nc3n(c(=N)c2c1C)CCCN3. The summed E-state index contributed by atoms with van der Waals surface area (Å²) in [4.78, 5) is 4.42. The molecule has 3 rings (SSSR count). The molecule has 0 spiro atoms. The van der Waals surface area contributed by atoms with E-state index in [9.17, 15) is 0 Å². The van der Waals surface area contributed by atoms with Gasteiger partial charge in [0.1, 0.15) is 11.2 Å². The van der Waals surface area contributed by atoms with Crippen molar-refractivity contribution in [1.82, 2.24) is 9.55 Å². The maximum Gasteiger partial charge on any atom is 0.233 e. The molecule has 0 aliphatic carbocycles. The largest absolute Gasteiger partial charge is 0.443 e. The molecule has 5 nitrogen and oxygen atoms in total. The fourth-order valence-corrected chi connectivity index (χ4v) is 2.15. The topological polar surface area (TPSA) is 66.8 Å². The molecule has 2 N–H and O–H groups in total. The number of aryl methyl sites for hydroxylation is 2. The molecular weight excluding hydrogens is 204 g/mol. The Morgan fingerprint density at radius 2 is 2.25 bits per heavy atom. The predicted molar refractivity (Wildman–Crippen MR) is 60.4 cm³/mol. The van der Waals surface area contributed by atoms with Crippen LogP contribution in [0.3, 0.4) is 0 Å². The average molecular weight is 218 g/mol. The highest BCUT2D eigenvalue weighted by atomic mass is 16.3. The summed E-state index contributed by atoms with van der Waals surface area (Å²) < 4.78 is 7.47. The number of nitrogens with zero attached hydrogens (tertiary/aromatic N) is 2. The molecule has 1 aliphatic rings. The lowest BCUT2D eigenvalue weighted by atomic mass is 10.2. The first kappa shape index (κ1) is 9.45. The van der Waals surface area contributed by atoms with Gasteiger partial charge in [0.05, 0.1) is 5.39 Å². The van der Waals surface area contributed by atoms with Crippen LogP contribution < -0.4 is 10.8 Å². The maximum absolute atomic E-state index is 8.19. The lowest BCUT2D eigenvalue weighted by molar-refractivity contribution is 0.551. The van der Waals surface area contributed by atoms with Gasteiger partial charge in [-0.25, -0.2) is 0 Å². The highest BCUT2D eigenvalue weighted by Gasteiger charge is 2.17. The molecule has 2 aromatic heterocycles. The van der Waals surface area contributed by atoms with Gasteiger partial charge in [0.25, 0.3) is 0 Å². The van der Waals surface area contributed by atoms with Crippen LogP contribution in [-0.4, -0.2) is 16.1 Å². The second-order valence-electron chi connectivity index (χ2n) is 4.18. The van der Waals surface area contributed by atoms with Gasteiger partial charge in [0.2, 0.25) is 11.7 Å². The first-order chi connectivity index (χ1) is 7.68. The molecule has 0 saturated heterocycles. The van der Waals surface area contributed by atoms with Gasteiger partial charge in [0.15, 0.2) is 0 Å². The molecule has 0 saturated carbocycles. The van der Waals surface area contributed by atoms with Crippen LogP contribution in [0.4, 0.5) is 5.95 Å². The van der Waals surface area contributed by atoms with Crippen LogP contribution >= 0.6 is 0 Å². The quantitative estimate of drug-likeness (QED) is 0.704. The molecule has 0 atom stereocenters. The molecule has 0 aromatic carbocycles. The van der Waals surface area contributed by atoms with E-state index in [0.29, 0.717) is 11.2 Å². The molecule has 5 heteroatoms. The van der Waals surface area contributed by atoms with Crippen molar-refractivity contribution in [3.63, 3.8) is 0 Å². The Kier molecular flexibility index (Phi) is 1.83. The van der Waals surface area contributed by atoms with E-state index in [4.69, 9.17) is 9.83 Å². The summed E-state index contributed by atoms with van der Waals surface area (Å²) in [5.74, 6) is 1.59. The zero-order chi connectivity index (χ0) is 11.3. The third-order valence-electron chi connectivity index (χ3n) is 3.18. The van der Waals surface area contributed by atoms with E-state index in [2.05, 4.69) is 10.3 Å². The lowest BCUT2D eigenvalue weighted by Gasteiger charge is -2.19. The second kappa shape index (κ2) is 3.10. The Bertz CT molecular complexity index is 623. The van der Waals surface area contributed by atoms with E-state index in [0.717, 1.165) is 42.2 Å². The Morgan fingerprint density at radius 1 is 1.44 bits per heavy atom. The molecular formula is C11H14N4O. The number of anilines is 1. The summed E-state index contributed by atoms with van der Waals surface area (Å²) in [5.41, 5.74) is 2.09. The molecule has 0 bridgehead atoms. The number of hydrogen-bond acceptors (Lipinski definition) is 4. The molecule has 1 aliphatic heterocycles. The van der Waals surface area contributed by atoms with Crippen molar-refractivity contribution in [3.8, 4) is 0 Å². The van der Waals surface area contributed by atoms with E-state index in [1.165, 1.54) is 0 Å². The average Bonchev–Trinajstić information content (AvgIpc) is 2.55. The van der Waals surface area contributed by atoms with Crippen LogP contribution in [0.1, 0.15) is 17.7 Å². The van der Waals surface area contributed by atoms with Crippen LogP contribution in [0.2, 0.25) is 0 Å². The Labute approximate surface area is 92.6 Å². The number of hydrogen-bond donors (Lipinski definition) is 2. The molecule has 2 aromatic rings. The minimum Gasteiger partial charge on any atom is -0.443 e. The van der Waals surface area contributed by atoms with Crippen LogP contribution in [0, 0.1) is 19.3 Å². The van der Waals surface area contributed by atoms with Crippen molar-refractivity contribution in [1.29, 1.82) is 5.41 Å². The zero-order valence-electron chi connectivity index (χ0n) is 9.42. The monoisotopic (exact) mass is 218 g/mol. The summed E-state index contributed by atoms with van der Waals surface area (Å²) >= 11 is 0. The minimum absolute atomic E-state index is 0.501. The lowest BCUT2D eigenvalue weighted by Crippen LogP contribution is -2.30. The third kappa shape index (κ3) is 1.11. The van der Waals surface area contributed by atoms with Crippen molar-refractivity contribution < 1.29 is 4.42 Å². The van der Waals surface area contributed by atoms with Gasteiger partial charge in [-0.2, -0.15) is 4.98 Å². The fraction of sp³-hybridized carbons (Fsp3) is 0.455. The summed E-state index contributed by atoms with van der Waals surface area (Å²) in [7, 11) is 0. The smallest absolute Gasteiger partial charge is 0.233 e. The van der Waals surface area contributed by atoms with Crippen molar-refractivity contribution in [2.45, 2.75) is 26.8 Å². The number of fused-ring (bicyclic) bond motifs is 2. The Morgan fingerprint density at radius 3 is 3.06 bits per heavy atom. The third-order valence-corrected chi connectivity index (χ3v) is 3.18. The van der Waals surface area contributed by atoms with Crippen molar-refractivity contribution >= 4 is 17.0 Å². The van der Waals surface area contributed by atoms with Gasteiger partial charge in [-0.3, -0.25) is 9.98 Å². The van der Waals surface area contributed by atoms with Crippen LogP contribution in [0.25, 0.3) is 11.1 Å². The van der Waals surface area contributed by atoms with Gasteiger partial charge < -0.3 is 9.73 Å². The molecule has 84 valence electrons. The first-order valence-electron chi connectivity index (χ1n) is 5.47. The standard InChI is InChI=1S/C11H14N4O/c1-6-7(2)16-10-8(6)9(12)15-5-3-4-13-11(15)14-10/h12H,3-5H2,1-2H3,(H,13,14). The van der Waals surface area contributed by atoms with Gasteiger partial charge in [-0.1, -0.05) is 0 Å². The number of rotatable bonds is 0. The van der Waals surface area contributed by atoms with E-state index in [1.807, 2.05) is 18.4 Å². The summed E-state index contributed by atoms with van der Waals surface area (Å²) in [6.45, 7) is 5.65. The van der Waals surface area contributed by atoms with Crippen molar-refractivity contribution in [3.05, 3.63) is 16.8 Å². The van der Waals surface area contributed by atoms with Gasteiger partial charge in [-0.05, 0) is 20.3 Å². The van der Waals surface area contributed by atoms with E-state index < -0.39 is 0 Å². The molecule has 0 amide bonds.